The van der Waals surface area contributed by atoms with E-state index in [9.17, 15) is 4.79 Å². The number of hydrogen-bond acceptors (Lipinski definition) is 3. The molecule has 0 radical (unpaired) electrons. The van der Waals surface area contributed by atoms with Crippen LogP contribution >= 0.6 is 11.8 Å². The average Bonchev–Trinajstić information content (AvgIpc) is 2.41. The molecular formula is C15H24N2OS. The summed E-state index contributed by atoms with van der Waals surface area (Å²) >= 11 is 1.58. The van der Waals surface area contributed by atoms with Crippen LogP contribution in [-0.2, 0) is 11.3 Å². The summed E-state index contributed by atoms with van der Waals surface area (Å²) in [4.78, 5) is 12.6. The van der Waals surface area contributed by atoms with E-state index in [2.05, 4.69) is 55.7 Å². The molecule has 106 valence electrons. The molecule has 0 aromatic heterocycles. The van der Waals surface area contributed by atoms with E-state index in [0.717, 1.165) is 24.4 Å². The smallest absolute Gasteiger partial charge is 0.230 e. The summed E-state index contributed by atoms with van der Waals surface area (Å²) in [5.41, 5.74) is 1.27. The van der Waals surface area contributed by atoms with Crippen LogP contribution in [0.1, 0.15) is 32.8 Å². The molecule has 4 heteroatoms. The van der Waals surface area contributed by atoms with Crippen molar-refractivity contribution in [3.05, 3.63) is 29.8 Å². The van der Waals surface area contributed by atoms with Gasteiger partial charge in [0.15, 0.2) is 0 Å². The molecule has 1 rings (SSSR count). The highest BCUT2D eigenvalue weighted by Crippen LogP contribution is 2.18. The molecule has 1 amide bonds. The minimum absolute atomic E-state index is 0.109. The van der Waals surface area contributed by atoms with Crippen molar-refractivity contribution >= 4 is 17.7 Å². The molecule has 0 unspecified atom stereocenters. The number of thioether (sulfide) groups is 1. The summed E-state index contributed by atoms with van der Waals surface area (Å²) in [5, 5.41) is 6.26. The Morgan fingerprint density at radius 2 is 1.95 bits per heavy atom. The Bertz CT molecular complexity index is 376. The zero-order chi connectivity index (χ0) is 14.1. The third-order valence-corrected chi connectivity index (χ3v) is 3.59. The van der Waals surface area contributed by atoms with Gasteiger partial charge in [-0.25, -0.2) is 0 Å². The number of amides is 1. The van der Waals surface area contributed by atoms with Gasteiger partial charge in [0.2, 0.25) is 5.91 Å². The quantitative estimate of drug-likeness (QED) is 0.720. The summed E-state index contributed by atoms with van der Waals surface area (Å²) < 4.78 is 0. The molecule has 0 bridgehead atoms. The lowest BCUT2D eigenvalue weighted by Gasteiger charge is -2.08. The minimum atomic E-state index is 0.109. The Labute approximate surface area is 120 Å². The average molecular weight is 280 g/mol. The Balaban J connectivity index is 2.33. The maximum Gasteiger partial charge on any atom is 0.230 e. The second-order valence-corrected chi connectivity index (χ2v) is 5.87. The summed E-state index contributed by atoms with van der Waals surface area (Å²) in [5.74, 6) is 0.598. The summed E-state index contributed by atoms with van der Waals surface area (Å²) in [6.45, 7) is 7.98. The molecule has 1 aromatic carbocycles. The normalized spacial score (nSPS) is 10.7. The Hall–Kier alpha value is -1.00. The fraction of sp³-hybridized carbons (Fsp3) is 0.533. The van der Waals surface area contributed by atoms with Crippen LogP contribution in [0.5, 0.6) is 0 Å². The van der Waals surface area contributed by atoms with E-state index < -0.39 is 0 Å². The monoisotopic (exact) mass is 280 g/mol. The van der Waals surface area contributed by atoms with Gasteiger partial charge in [0.25, 0.3) is 0 Å². The van der Waals surface area contributed by atoms with E-state index in [1.54, 1.807) is 11.8 Å². The van der Waals surface area contributed by atoms with Crippen LogP contribution in [0.3, 0.4) is 0 Å². The van der Waals surface area contributed by atoms with Crippen molar-refractivity contribution in [3.8, 4) is 0 Å². The van der Waals surface area contributed by atoms with E-state index in [1.807, 2.05) is 0 Å². The van der Waals surface area contributed by atoms with Crippen LogP contribution in [0.2, 0.25) is 0 Å². The first-order chi connectivity index (χ1) is 9.11. The van der Waals surface area contributed by atoms with Gasteiger partial charge >= 0.3 is 0 Å². The van der Waals surface area contributed by atoms with Crippen LogP contribution < -0.4 is 10.6 Å². The zero-order valence-electron chi connectivity index (χ0n) is 12.0. The third kappa shape index (κ3) is 7.23. The van der Waals surface area contributed by atoms with Gasteiger partial charge in [0.1, 0.15) is 0 Å². The Morgan fingerprint density at radius 3 is 2.53 bits per heavy atom. The van der Waals surface area contributed by atoms with E-state index in [1.165, 1.54) is 5.56 Å². The number of carbonyl (C=O) groups is 1. The fourth-order valence-electron chi connectivity index (χ4n) is 1.49. The van der Waals surface area contributed by atoms with Gasteiger partial charge in [-0.15, -0.1) is 11.8 Å². The van der Waals surface area contributed by atoms with Crippen molar-refractivity contribution in [2.45, 2.75) is 44.7 Å². The molecule has 0 saturated heterocycles. The van der Waals surface area contributed by atoms with E-state index in [-0.39, 0.29) is 5.91 Å². The van der Waals surface area contributed by atoms with Crippen LogP contribution in [0.15, 0.2) is 29.2 Å². The highest BCUT2D eigenvalue weighted by Gasteiger charge is 2.02. The number of nitrogens with one attached hydrogen (secondary N) is 2. The number of rotatable bonds is 8. The predicted octanol–water partition coefficient (Wildman–Crippen LogP) is 2.80. The Kier molecular flexibility index (Phi) is 7.60. The lowest BCUT2D eigenvalue weighted by molar-refractivity contribution is -0.118. The molecule has 0 aliphatic heterocycles. The molecule has 0 saturated carbocycles. The van der Waals surface area contributed by atoms with Crippen LogP contribution in [0.25, 0.3) is 0 Å². The molecule has 2 N–H and O–H groups in total. The minimum Gasteiger partial charge on any atom is -0.355 e. The van der Waals surface area contributed by atoms with Crippen molar-refractivity contribution in [1.82, 2.24) is 10.6 Å². The molecule has 0 atom stereocenters. The second-order valence-electron chi connectivity index (χ2n) is 4.82. The highest BCUT2D eigenvalue weighted by atomic mass is 32.2. The molecule has 3 nitrogen and oxygen atoms in total. The summed E-state index contributed by atoms with van der Waals surface area (Å²) in [6.07, 6.45) is 0.980. The van der Waals surface area contributed by atoms with Crippen molar-refractivity contribution in [2.24, 2.45) is 0 Å². The SMILES string of the molecule is CCCNC(=O)CSc1ccc(CNC(C)C)cc1. The van der Waals surface area contributed by atoms with Crippen LogP contribution in [-0.4, -0.2) is 24.2 Å². The maximum atomic E-state index is 11.5. The van der Waals surface area contributed by atoms with Crippen LogP contribution in [0, 0.1) is 0 Å². The standard InChI is InChI=1S/C15H24N2OS/c1-4-9-16-15(18)11-19-14-7-5-13(6-8-14)10-17-12(2)3/h5-8,12,17H,4,9-11H2,1-3H3,(H,16,18). The summed E-state index contributed by atoms with van der Waals surface area (Å²) in [7, 11) is 0. The molecule has 0 aliphatic carbocycles. The van der Waals surface area contributed by atoms with Crippen molar-refractivity contribution in [1.29, 1.82) is 0 Å². The van der Waals surface area contributed by atoms with E-state index in [4.69, 9.17) is 0 Å². The highest BCUT2D eigenvalue weighted by molar-refractivity contribution is 8.00. The number of carbonyl (C=O) groups excluding carboxylic acids is 1. The summed E-state index contributed by atoms with van der Waals surface area (Å²) in [6, 6.07) is 8.88. The van der Waals surface area contributed by atoms with Gasteiger partial charge in [0.05, 0.1) is 5.75 Å². The molecule has 19 heavy (non-hydrogen) atoms. The van der Waals surface area contributed by atoms with Crippen molar-refractivity contribution in [3.63, 3.8) is 0 Å². The van der Waals surface area contributed by atoms with Crippen molar-refractivity contribution in [2.75, 3.05) is 12.3 Å². The molecule has 0 heterocycles. The van der Waals surface area contributed by atoms with Gasteiger partial charge in [-0.1, -0.05) is 32.9 Å². The molecule has 0 spiro atoms. The second kappa shape index (κ2) is 8.99. The number of benzene rings is 1. The fourth-order valence-corrected chi connectivity index (χ4v) is 2.22. The molecule has 0 fully saturated rings. The largest absolute Gasteiger partial charge is 0.355 e. The van der Waals surface area contributed by atoms with E-state index >= 15 is 0 Å². The van der Waals surface area contributed by atoms with Gasteiger partial charge in [0, 0.05) is 24.0 Å². The molecule has 0 aliphatic rings. The Morgan fingerprint density at radius 1 is 1.26 bits per heavy atom. The van der Waals surface area contributed by atoms with Crippen molar-refractivity contribution < 1.29 is 4.79 Å². The molecule has 1 aromatic rings. The third-order valence-electron chi connectivity index (χ3n) is 2.58. The van der Waals surface area contributed by atoms with Gasteiger partial charge < -0.3 is 10.6 Å². The van der Waals surface area contributed by atoms with Gasteiger partial charge in [-0.2, -0.15) is 0 Å². The molecular weight excluding hydrogens is 256 g/mol. The first kappa shape index (κ1) is 16.1. The van der Waals surface area contributed by atoms with Crippen LogP contribution in [0.4, 0.5) is 0 Å². The van der Waals surface area contributed by atoms with E-state index in [0.29, 0.717) is 11.8 Å². The topological polar surface area (TPSA) is 41.1 Å². The lowest BCUT2D eigenvalue weighted by atomic mass is 10.2. The van der Waals surface area contributed by atoms with Gasteiger partial charge in [-0.05, 0) is 24.1 Å². The van der Waals surface area contributed by atoms with Gasteiger partial charge in [-0.3, -0.25) is 4.79 Å². The maximum absolute atomic E-state index is 11.5. The zero-order valence-corrected chi connectivity index (χ0v) is 12.8. The predicted molar refractivity (Wildman–Crippen MR) is 82.4 cm³/mol. The number of hydrogen-bond donors (Lipinski definition) is 2. The first-order valence-corrected chi connectivity index (χ1v) is 7.82. The lowest BCUT2D eigenvalue weighted by Crippen LogP contribution is -2.25. The first-order valence-electron chi connectivity index (χ1n) is 6.83.